The molecular weight excluding hydrogens is 725 g/mol. The maximum absolute atomic E-state index is 11.4. The Morgan fingerprint density at radius 3 is 0.754 bits per heavy atom. The fourth-order valence-corrected chi connectivity index (χ4v) is 6.18. The number of hydrogen-bond donors (Lipinski definition) is 0. The Bertz CT molecular complexity index is 792. The van der Waals surface area contributed by atoms with Crippen LogP contribution in [0.5, 0.6) is 0 Å². The quantitative estimate of drug-likeness (QED) is 0.0335. The van der Waals surface area contributed by atoms with Gasteiger partial charge in [-0.2, -0.15) is 0 Å². The zero-order valence-corrected chi connectivity index (χ0v) is 37.7. The second kappa shape index (κ2) is 51.0. The molecule has 0 aliphatic carbocycles. The van der Waals surface area contributed by atoms with Crippen molar-refractivity contribution in [1.82, 2.24) is 0 Å². The van der Waals surface area contributed by atoms with Crippen molar-refractivity contribution in [2.24, 2.45) is 0 Å². The first-order chi connectivity index (χ1) is 28.2. The number of carbonyl (C=O) groups is 1. The van der Waals surface area contributed by atoms with Crippen LogP contribution in [0, 0.1) is 0 Å². The number of rotatable bonds is 50. The maximum Gasteiger partial charge on any atom is 0.330 e. The number of carbonyl (C=O) groups excluding carboxylic acids is 1. The minimum atomic E-state index is -0.290. The van der Waals surface area contributed by atoms with Crippen molar-refractivity contribution in [3.05, 3.63) is 11.6 Å². The normalized spacial score (nSPS) is 11.4. The summed E-state index contributed by atoms with van der Waals surface area (Å²) in [4.78, 5) is 11.4. The molecule has 0 aliphatic heterocycles. The van der Waals surface area contributed by atoms with Crippen LogP contribution in [0.1, 0.15) is 174 Å². The van der Waals surface area contributed by atoms with Gasteiger partial charge in [-0.1, -0.05) is 108 Å². The molecule has 10 nitrogen and oxygen atoms in total. The standard InChI is InChI=1S/C47H92O10/c1-46(2)45-47(48)57-44-28-43-56-42-27-41-55-40-26-39-54-38-25-37-53-36-24-35-52-34-23-33-51-32-22-31-50-30-21-19-17-15-13-11-9-7-5-4-6-8-10-12-14-16-18-20-29-49-3/h45H,4-44H2,1-3H3. The molecule has 0 aromatic heterocycles. The van der Waals surface area contributed by atoms with E-state index in [-0.39, 0.29) is 5.97 Å². The van der Waals surface area contributed by atoms with E-state index >= 15 is 0 Å². The largest absolute Gasteiger partial charge is 0.462 e. The van der Waals surface area contributed by atoms with Gasteiger partial charge in [0.15, 0.2) is 0 Å². The Morgan fingerprint density at radius 1 is 0.298 bits per heavy atom. The molecule has 0 spiro atoms. The molecule has 57 heavy (non-hydrogen) atoms. The molecule has 10 heteroatoms. The fourth-order valence-electron chi connectivity index (χ4n) is 6.18. The highest BCUT2D eigenvalue weighted by atomic mass is 16.5. The molecule has 340 valence electrons. The van der Waals surface area contributed by atoms with E-state index in [4.69, 9.17) is 42.6 Å². The summed E-state index contributed by atoms with van der Waals surface area (Å²) in [5, 5.41) is 0. The van der Waals surface area contributed by atoms with E-state index in [2.05, 4.69) is 0 Å². The number of allylic oxidation sites excluding steroid dienone is 1. The average molecular weight is 817 g/mol. The molecule has 0 atom stereocenters. The van der Waals surface area contributed by atoms with Crippen LogP contribution in [0.4, 0.5) is 0 Å². The first-order valence-electron chi connectivity index (χ1n) is 23.5. The second-order valence-corrected chi connectivity index (χ2v) is 15.5. The lowest BCUT2D eigenvalue weighted by Crippen LogP contribution is -2.08. The Kier molecular flexibility index (Phi) is 50.0. The third-order valence-corrected chi connectivity index (χ3v) is 9.44. The molecule has 0 saturated heterocycles. The van der Waals surface area contributed by atoms with Gasteiger partial charge in [-0.25, -0.2) is 4.79 Å². The van der Waals surface area contributed by atoms with E-state index in [1.54, 1.807) is 7.11 Å². The molecule has 0 aromatic rings. The molecule has 0 aliphatic rings. The van der Waals surface area contributed by atoms with Crippen molar-refractivity contribution >= 4 is 5.97 Å². The topological polar surface area (TPSA) is 100 Å². The minimum Gasteiger partial charge on any atom is -0.462 e. The predicted molar refractivity (Wildman–Crippen MR) is 233 cm³/mol. The van der Waals surface area contributed by atoms with Crippen LogP contribution >= 0.6 is 0 Å². The Hall–Kier alpha value is -1.11. The van der Waals surface area contributed by atoms with Gasteiger partial charge in [0.1, 0.15) is 0 Å². The van der Waals surface area contributed by atoms with Crippen LogP contribution in [0.15, 0.2) is 11.6 Å². The van der Waals surface area contributed by atoms with Crippen LogP contribution in [0.3, 0.4) is 0 Å². The van der Waals surface area contributed by atoms with Crippen LogP contribution in [-0.2, 0) is 47.4 Å². The molecule has 0 bridgehead atoms. The van der Waals surface area contributed by atoms with Crippen molar-refractivity contribution in [3.63, 3.8) is 0 Å². The van der Waals surface area contributed by atoms with E-state index in [9.17, 15) is 4.79 Å². The third kappa shape index (κ3) is 52.9. The lowest BCUT2D eigenvalue weighted by Gasteiger charge is -2.08. The minimum absolute atomic E-state index is 0.290. The monoisotopic (exact) mass is 817 g/mol. The maximum atomic E-state index is 11.4. The van der Waals surface area contributed by atoms with E-state index in [0.717, 1.165) is 97.0 Å². The zero-order chi connectivity index (χ0) is 41.2. The smallest absolute Gasteiger partial charge is 0.330 e. The van der Waals surface area contributed by atoms with Gasteiger partial charge < -0.3 is 42.6 Å². The Morgan fingerprint density at radius 2 is 0.509 bits per heavy atom. The molecule has 0 radical (unpaired) electrons. The van der Waals surface area contributed by atoms with Crippen molar-refractivity contribution in [1.29, 1.82) is 0 Å². The van der Waals surface area contributed by atoms with Gasteiger partial charge in [0.2, 0.25) is 0 Å². The number of ether oxygens (including phenoxy) is 9. The van der Waals surface area contributed by atoms with E-state index in [1.807, 2.05) is 13.8 Å². The first kappa shape index (κ1) is 55.9. The summed E-state index contributed by atoms with van der Waals surface area (Å²) in [6.45, 7) is 15.1. The molecule has 0 heterocycles. The van der Waals surface area contributed by atoms with Crippen LogP contribution in [0.25, 0.3) is 0 Å². The van der Waals surface area contributed by atoms with Gasteiger partial charge in [-0.05, 0) is 65.2 Å². The van der Waals surface area contributed by atoms with Gasteiger partial charge in [0, 0.05) is 119 Å². The summed E-state index contributed by atoms with van der Waals surface area (Å²) in [6.07, 6.45) is 32.5. The molecule has 0 saturated carbocycles. The zero-order valence-electron chi connectivity index (χ0n) is 37.7. The van der Waals surface area contributed by atoms with Crippen molar-refractivity contribution in [2.45, 2.75) is 174 Å². The highest BCUT2D eigenvalue weighted by Gasteiger charge is 2.00. The number of methoxy groups -OCH3 is 1. The lowest BCUT2D eigenvalue weighted by molar-refractivity contribution is -0.138. The number of esters is 1. The summed E-state index contributed by atoms with van der Waals surface area (Å²) in [5.41, 5.74) is 0.936. The van der Waals surface area contributed by atoms with E-state index in [0.29, 0.717) is 59.3 Å². The highest BCUT2D eigenvalue weighted by molar-refractivity contribution is 5.82. The van der Waals surface area contributed by atoms with E-state index in [1.165, 1.54) is 122 Å². The van der Waals surface area contributed by atoms with Gasteiger partial charge in [-0.15, -0.1) is 0 Å². The van der Waals surface area contributed by atoms with Crippen LogP contribution in [-0.4, -0.2) is 119 Å². The molecule has 0 N–H and O–H groups in total. The Balaban J connectivity index is 3.08. The summed E-state index contributed by atoms with van der Waals surface area (Å²) >= 11 is 0. The predicted octanol–water partition coefficient (Wildman–Crippen LogP) is 11.0. The third-order valence-electron chi connectivity index (χ3n) is 9.44. The molecule has 0 amide bonds. The van der Waals surface area contributed by atoms with Gasteiger partial charge in [0.25, 0.3) is 0 Å². The van der Waals surface area contributed by atoms with Crippen LogP contribution < -0.4 is 0 Å². The van der Waals surface area contributed by atoms with Crippen molar-refractivity contribution in [3.8, 4) is 0 Å². The SMILES string of the molecule is COCCCCCCCCCCCCCCCCCCCCOCCCOCCCOCCCOCCCOCCCOCCCOCCCOC(=O)C=C(C)C. The van der Waals surface area contributed by atoms with Gasteiger partial charge >= 0.3 is 5.97 Å². The average Bonchev–Trinajstić information content (AvgIpc) is 3.20. The number of hydrogen-bond acceptors (Lipinski definition) is 10. The van der Waals surface area contributed by atoms with Crippen LogP contribution in [0.2, 0.25) is 0 Å². The second-order valence-electron chi connectivity index (χ2n) is 15.5. The summed E-state index contributed by atoms with van der Waals surface area (Å²) in [7, 11) is 1.80. The first-order valence-corrected chi connectivity index (χ1v) is 23.5. The Labute approximate surface area is 351 Å². The van der Waals surface area contributed by atoms with Crippen molar-refractivity contribution in [2.75, 3.05) is 113 Å². The molecule has 0 aromatic carbocycles. The fraction of sp³-hybridized carbons (Fsp3) is 0.936. The van der Waals surface area contributed by atoms with E-state index < -0.39 is 0 Å². The molecule has 0 fully saturated rings. The van der Waals surface area contributed by atoms with Gasteiger partial charge in [-0.3, -0.25) is 0 Å². The van der Waals surface area contributed by atoms with Gasteiger partial charge in [0.05, 0.1) is 6.61 Å². The van der Waals surface area contributed by atoms with Crippen molar-refractivity contribution < 1.29 is 47.4 Å². The number of unbranched alkanes of at least 4 members (excludes halogenated alkanes) is 17. The summed E-state index contributed by atoms with van der Waals surface area (Å²) in [6, 6.07) is 0. The highest BCUT2D eigenvalue weighted by Crippen LogP contribution is 2.14. The molecule has 0 rings (SSSR count). The lowest BCUT2D eigenvalue weighted by atomic mass is 10.0. The summed E-state index contributed by atoms with van der Waals surface area (Å²) < 4.78 is 49.9. The molecule has 0 unspecified atom stereocenters. The molecular formula is C47H92O10. The summed E-state index contributed by atoms with van der Waals surface area (Å²) in [5.74, 6) is -0.290.